The minimum atomic E-state index is -0.523. The van der Waals surface area contributed by atoms with Crippen LogP contribution < -0.4 is 10.6 Å². The molecule has 25 heavy (non-hydrogen) atoms. The number of aliphatic hydroxyl groups is 1. The zero-order chi connectivity index (χ0) is 18.6. The lowest BCUT2D eigenvalue weighted by Gasteiger charge is -2.15. The highest BCUT2D eigenvalue weighted by Crippen LogP contribution is 2.25. The highest BCUT2D eigenvalue weighted by molar-refractivity contribution is 9.10. The molecule has 2 aromatic rings. The van der Waals surface area contributed by atoms with E-state index in [0.29, 0.717) is 18.8 Å². The molecule has 0 spiro atoms. The number of benzene rings is 1. The molecule has 0 aliphatic carbocycles. The van der Waals surface area contributed by atoms with Gasteiger partial charge in [-0.25, -0.2) is 4.79 Å². The van der Waals surface area contributed by atoms with E-state index in [-0.39, 0.29) is 6.03 Å². The number of aliphatic hydroxyl groups excluding tert-OH is 1. The Hall–Kier alpha value is -1.90. The second kappa shape index (κ2) is 8.46. The number of aryl methyl sites for hydroxylation is 2. The predicted molar refractivity (Wildman–Crippen MR) is 103 cm³/mol. The molecule has 0 bridgehead atoms. The van der Waals surface area contributed by atoms with Crippen molar-refractivity contribution in [1.29, 1.82) is 0 Å². The van der Waals surface area contributed by atoms with Crippen LogP contribution >= 0.6 is 15.9 Å². The molecule has 0 saturated heterocycles. The molecule has 2 rings (SSSR count). The van der Waals surface area contributed by atoms with E-state index in [0.717, 1.165) is 21.3 Å². The van der Waals surface area contributed by atoms with Gasteiger partial charge in [-0.3, -0.25) is 4.68 Å². The molecule has 3 N–H and O–H groups in total. The van der Waals surface area contributed by atoms with E-state index in [2.05, 4.69) is 31.7 Å². The fraction of sp³-hybridized carbons (Fsp3) is 0.412. The second-order valence-electron chi connectivity index (χ2n) is 6.36. The van der Waals surface area contributed by atoms with Crippen LogP contribution in [0.4, 0.5) is 16.2 Å². The van der Waals surface area contributed by atoms with Gasteiger partial charge < -0.3 is 20.6 Å². The molecule has 0 saturated carbocycles. The molecule has 0 radical (unpaired) electrons. The molecular formula is C17H24BrN5O2. The lowest BCUT2D eigenvalue weighted by Crippen LogP contribution is -2.29. The minimum absolute atomic E-state index is 0.332. The monoisotopic (exact) mass is 409 g/mol. The molecule has 1 unspecified atom stereocenters. The van der Waals surface area contributed by atoms with Crippen molar-refractivity contribution >= 4 is 33.3 Å². The highest BCUT2D eigenvalue weighted by atomic mass is 79.9. The average Bonchev–Trinajstić information content (AvgIpc) is 2.88. The number of rotatable bonds is 6. The topological polar surface area (TPSA) is 82.4 Å². The SMILES string of the molecule is Cc1cc(Br)cc(C)c1NC(=O)Nc1cnn(CC(O)CN(C)C)c1. The number of amides is 2. The van der Waals surface area contributed by atoms with Gasteiger partial charge in [-0.15, -0.1) is 0 Å². The normalized spacial score (nSPS) is 12.3. The summed E-state index contributed by atoms with van der Waals surface area (Å²) >= 11 is 3.44. The van der Waals surface area contributed by atoms with E-state index >= 15 is 0 Å². The van der Waals surface area contributed by atoms with Gasteiger partial charge in [-0.1, -0.05) is 15.9 Å². The van der Waals surface area contributed by atoms with Crippen LogP contribution in [-0.4, -0.2) is 52.6 Å². The molecule has 1 aromatic heterocycles. The lowest BCUT2D eigenvalue weighted by atomic mass is 10.1. The Balaban J connectivity index is 1.96. The van der Waals surface area contributed by atoms with E-state index in [9.17, 15) is 9.90 Å². The summed E-state index contributed by atoms with van der Waals surface area (Å²) in [4.78, 5) is 14.1. The van der Waals surface area contributed by atoms with Crippen LogP contribution in [0.2, 0.25) is 0 Å². The van der Waals surface area contributed by atoms with Crippen LogP contribution in [-0.2, 0) is 6.54 Å². The predicted octanol–water partition coefficient (Wildman–Crippen LogP) is 2.83. The molecule has 2 amide bonds. The molecule has 0 fully saturated rings. The summed E-state index contributed by atoms with van der Waals surface area (Å²) in [6, 6.07) is 3.57. The lowest BCUT2D eigenvalue weighted by molar-refractivity contribution is 0.116. The third kappa shape index (κ3) is 5.84. The van der Waals surface area contributed by atoms with E-state index in [4.69, 9.17) is 0 Å². The summed E-state index contributed by atoms with van der Waals surface area (Å²) in [7, 11) is 3.80. The average molecular weight is 410 g/mol. The maximum absolute atomic E-state index is 12.2. The van der Waals surface area contributed by atoms with E-state index < -0.39 is 6.10 Å². The van der Waals surface area contributed by atoms with Crippen molar-refractivity contribution < 1.29 is 9.90 Å². The Morgan fingerprint density at radius 2 is 1.96 bits per heavy atom. The first kappa shape index (κ1) is 19.4. The van der Waals surface area contributed by atoms with Crippen molar-refractivity contribution in [3.63, 3.8) is 0 Å². The number of carbonyl (C=O) groups is 1. The third-order valence-corrected chi connectivity index (χ3v) is 4.06. The van der Waals surface area contributed by atoms with E-state index in [1.54, 1.807) is 17.1 Å². The summed E-state index contributed by atoms with van der Waals surface area (Å²) < 4.78 is 2.59. The summed E-state index contributed by atoms with van der Waals surface area (Å²) in [5.74, 6) is 0. The van der Waals surface area contributed by atoms with Gasteiger partial charge in [-0.05, 0) is 51.2 Å². The largest absolute Gasteiger partial charge is 0.390 e. The Morgan fingerprint density at radius 3 is 2.56 bits per heavy atom. The number of aromatic nitrogens is 2. The molecule has 136 valence electrons. The Morgan fingerprint density at radius 1 is 1.32 bits per heavy atom. The third-order valence-electron chi connectivity index (χ3n) is 3.60. The van der Waals surface area contributed by atoms with E-state index in [1.807, 2.05) is 45.0 Å². The van der Waals surface area contributed by atoms with Gasteiger partial charge in [0, 0.05) is 22.9 Å². The number of hydrogen-bond donors (Lipinski definition) is 3. The molecule has 1 aromatic carbocycles. The number of nitrogens with zero attached hydrogens (tertiary/aromatic N) is 3. The standard InChI is InChI=1S/C17H24BrN5O2/c1-11-5-13(18)6-12(2)16(11)21-17(25)20-14-7-19-23(8-14)10-15(24)9-22(3)4/h5-8,15,24H,9-10H2,1-4H3,(H2,20,21,25). The van der Waals surface area contributed by atoms with Gasteiger partial charge in [0.1, 0.15) is 0 Å². The fourth-order valence-electron chi connectivity index (χ4n) is 2.61. The molecule has 1 heterocycles. The maximum Gasteiger partial charge on any atom is 0.323 e. The number of halogens is 1. The van der Waals surface area contributed by atoms with Crippen LogP contribution in [0.5, 0.6) is 0 Å². The van der Waals surface area contributed by atoms with Crippen molar-refractivity contribution in [2.75, 3.05) is 31.3 Å². The maximum atomic E-state index is 12.2. The van der Waals surface area contributed by atoms with Gasteiger partial charge in [0.25, 0.3) is 0 Å². The number of likely N-dealkylation sites (N-methyl/N-ethyl adjacent to an activating group) is 1. The zero-order valence-corrected chi connectivity index (χ0v) is 16.5. The molecule has 0 aliphatic rings. The van der Waals surface area contributed by atoms with Crippen molar-refractivity contribution in [3.8, 4) is 0 Å². The van der Waals surface area contributed by atoms with Crippen LogP contribution in [0.1, 0.15) is 11.1 Å². The van der Waals surface area contributed by atoms with E-state index in [1.165, 1.54) is 0 Å². The summed E-state index contributed by atoms with van der Waals surface area (Å²) in [5, 5.41) is 19.7. The Bertz CT molecular complexity index is 721. The minimum Gasteiger partial charge on any atom is -0.390 e. The summed E-state index contributed by atoms with van der Waals surface area (Å²) in [5.41, 5.74) is 3.31. The molecular weight excluding hydrogens is 386 g/mol. The smallest absolute Gasteiger partial charge is 0.323 e. The van der Waals surface area contributed by atoms with Crippen molar-refractivity contribution in [2.45, 2.75) is 26.5 Å². The molecule has 8 heteroatoms. The first-order valence-corrected chi connectivity index (χ1v) is 8.74. The summed E-state index contributed by atoms with van der Waals surface area (Å²) in [6.07, 6.45) is 2.73. The number of urea groups is 1. The van der Waals surface area contributed by atoms with Crippen LogP contribution in [0.25, 0.3) is 0 Å². The summed E-state index contributed by atoms with van der Waals surface area (Å²) in [6.45, 7) is 4.80. The Kier molecular flexibility index (Phi) is 6.57. The number of carbonyl (C=O) groups excluding carboxylic acids is 1. The molecule has 1 atom stereocenters. The van der Waals surface area contributed by atoms with Crippen molar-refractivity contribution in [3.05, 3.63) is 40.1 Å². The Labute approximate surface area is 156 Å². The molecule has 0 aliphatic heterocycles. The van der Waals surface area contributed by atoms with Crippen molar-refractivity contribution in [2.24, 2.45) is 0 Å². The van der Waals surface area contributed by atoms with Crippen LogP contribution in [0.15, 0.2) is 29.0 Å². The number of hydrogen-bond acceptors (Lipinski definition) is 4. The number of anilines is 2. The fourth-order valence-corrected chi connectivity index (χ4v) is 3.29. The van der Waals surface area contributed by atoms with Gasteiger partial charge in [-0.2, -0.15) is 5.10 Å². The van der Waals surface area contributed by atoms with Gasteiger partial charge in [0.05, 0.1) is 24.5 Å². The second-order valence-corrected chi connectivity index (χ2v) is 7.28. The molecule has 7 nitrogen and oxygen atoms in total. The van der Waals surface area contributed by atoms with Crippen LogP contribution in [0.3, 0.4) is 0 Å². The number of nitrogens with one attached hydrogen (secondary N) is 2. The van der Waals surface area contributed by atoms with Gasteiger partial charge >= 0.3 is 6.03 Å². The zero-order valence-electron chi connectivity index (χ0n) is 14.9. The van der Waals surface area contributed by atoms with Gasteiger partial charge in [0.2, 0.25) is 0 Å². The van der Waals surface area contributed by atoms with Crippen LogP contribution in [0, 0.1) is 13.8 Å². The van der Waals surface area contributed by atoms with Gasteiger partial charge in [0.15, 0.2) is 0 Å². The first-order valence-electron chi connectivity index (χ1n) is 7.94. The quantitative estimate of drug-likeness (QED) is 0.684. The van der Waals surface area contributed by atoms with Crippen molar-refractivity contribution in [1.82, 2.24) is 14.7 Å². The first-order chi connectivity index (χ1) is 11.7. The highest BCUT2D eigenvalue weighted by Gasteiger charge is 2.11.